The van der Waals surface area contributed by atoms with Gasteiger partial charge in [0.15, 0.2) is 11.1 Å². The summed E-state index contributed by atoms with van der Waals surface area (Å²) in [5, 5.41) is 0.479. The van der Waals surface area contributed by atoms with Gasteiger partial charge in [0.2, 0.25) is 0 Å². The first-order valence-electron chi connectivity index (χ1n) is 5.62. The van der Waals surface area contributed by atoms with Crippen LogP contribution in [0.3, 0.4) is 0 Å². The standard InChI is InChI=1S/C13H16ClN3/c1-8-3-4-10(9(2)7-8)5-6-11-12(14)17-13(15)16-11/h3-4,7H,5-6H2,1-2H3,(H3,15,16,17). The van der Waals surface area contributed by atoms with E-state index >= 15 is 0 Å². The van der Waals surface area contributed by atoms with Crippen LogP contribution in [0.5, 0.6) is 0 Å². The van der Waals surface area contributed by atoms with Crippen LogP contribution in [-0.4, -0.2) is 9.97 Å². The number of aromatic amines is 1. The maximum absolute atomic E-state index is 5.95. The summed E-state index contributed by atoms with van der Waals surface area (Å²) in [6.07, 6.45) is 1.76. The predicted octanol–water partition coefficient (Wildman–Crippen LogP) is 3.05. The van der Waals surface area contributed by atoms with Gasteiger partial charge < -0.3 is 10.7 Å². The lowest BCUT2D eigenvalue weighted by atomic mass is 10.0. The molecule has 0 amide bonds. The second-order valence-corrected chi connectivity index (χ2v) is 4.68. The van der Waals surface area contributed by atoms with Gasteiger partial charge in [-0.2, -0.15) is 0 Å². The first-order chi connectivity index (χ1) is 8.06. The van der Waals surface area contributed by atoms with E-state index in [1.807, 2.05) is 0 Å². The summed E-state index contributed by atoms with van der Waals surface area (Å²) >= 11 is 5.95. The number of nitrogens with zero attached hydrogens (tertiary/aromatic N) is 1. The molecule has 3 nitrogen and oxygen atoms in total. The summed E-state index contributed by atoms with van der Waals surface area (Å²) in [6.45, 7) is 4.23. The second kappa shape index (κ2) is 4.80. The molecule has 0 spiro atoms. The van der Waals surface area contributed by atoms with E-state index in [4.69, 9.17) is 17.3 Å². The molecule has 4 heteroatoms. The number of H-pyrrole nitrogens is 1. The third-order valence-electron chi connectivity index (χ3n) is 2.89. The number of hydrogen-bond acceptors (Lipinski definition) is 2. The molecule has 0 aliphatic rings. The van der Waals surface area contributed by atoms with Gasteiger partial charge >= 0.3 is 0 Å². The lowest BCUT2D eigenvalue weighted by Gasteiger charge is -2.06. The Morgan fingerprint density at radius 1 is 1.29 bits per heavy atom. The fraction of sp³-hybridized carbons (Fsp3) is 0.308. The number of rotatable bonds is 3. The number of anilines is 1. The number of halogens is 1. The number of aryl methyl sites for hydroxylation is 4. The molecule has 0 atom stereocenters. The Kier molecular flexibility index (Phi) is 3.38. The maximum Gasteiger partial charge on any atom is 0.199 e. The molecule has 0 aliphatic carbocycles. The van der Waals surface area contributed by atoms with Gasteiger partial charge in [0.05, 0.1) is 5.69 Å². The SMILES string of the molecule is Cc1ccc(CCc2[nH]c(N)nc2Cl)c(C)c1. The molecule has 0 fully saturated rings. The number of benzene rings is 1. The first kappa shape index (κ1) is 12.0. The number of nitrogens with two attached hydrogens (primary N) is 1. The van der Waals surface area contributed by atoms with E-state index in [1.165, 1.54) is 16.7 Å². The number of nitrogen functional groups attached to an aromatic ring is 1. The highest BCUT2D eigenvalue weighted by atomic mass is 35.5. The quantitative estimate of drug-likeness (QED) is 0.879. The van der Waals surface area contributed by atoms with E-state index in [0.29, 0.717) is 11.1 Å². The molecule has 2 aromatic rings. The van der Waals surface area contributed by atoms with Crippen LogP contribution in [0.2, 0.25) is 5.15 Å². The molecular formula is C13H16ClN3. The number of aromatic nitrogens is 2. The van der Waals surface area contributed by atoms with Gasteiger partial charge in [-0.05, 0) is 37.8 Å². The molecule has 1 heterocycles. The number of nitrogens with one attached hydrogen (secondary N) is 1. The zero-order valence-corrected chi connectivity index (χ0v) is 10.8. The molecule has 17 heavy (non-hydrogen) atoms. The van der Waals surface area contributed by atoms with Crippen molar-refractivity contribution in [2.75, 3.05) is 5.73 Å². The maximum atomic E-state index is 5.95. The Labute approximate surface area is 106 Å². The van der Waals surface area contributed by atoms with Crippen molar-refractivity contribution in [3.8, 4) is 0 Å². The monoisotopic (exact) mass is 249 g/mol. The molecule has 0 saturated carbocycles. The molecule has 0 aliphatic heterocycles. The van der Waals surface area contributed by atoms with Gasteiger partial charge in [0, 0.05) is 0 Å². The lowest BCUT2D eigenvalue weighted by Crippen LogP contribution is -1.96. The lowest BCUT2D eigenvalue weighted by molar-refractivity contribution is 0.917. The highest BCUT2D eigenvalue weighted by molar-refractivity contribution is 6.30. The van der Waals surface area contributed by atoms with Crippen molar-refractivity contribution in [1.29, 1.82) is 0 Å². The Hall–Kier alpha value is -1.48. The average molecular weight is 250 g/mol. The summed E-state index contributed by atoms with van der Waals surface area (Å²) in [6, 6.07) is 6.49. The number of imidazole rings is 1. The molecule has 0 unspecified atom stereocenters. The average Bonchev–Trinajstić information content (AvgIpc) is 2.56. The van der Waals surface area contributed by atoms with Crippen molar-refractivity contribution in [1.82, 2.24) is 9.97 Å². The Morgan fingerprint density at radius 2 is 2.06 bits per heavy atom. The van der Waals surface area contributed by atoms with Crippen molar-refractivity contribution in [3.05, 3.63) is 45.7 Å². The second-order valence-electron chi connectivity index (χ2n) is 4.32. The van der Waals surface area contributed by atoms with Crippen LogP contribution >= 0.6 is 11.6 Å². The molecule has 2 rings (SSSR count). The molecule has 1 aromatic carbocycles. The van der Waals surface area contributed by atoms with Crippen molar-refractivity contribution < 1.29 is 0 Å². The van der Waals surface area contributed by atoms with E-state index in [1.54, 1.807) is 0 Å². The van der Waals surface area contributed by atoms with Crippen LogP contribution in [-0.2, 0) is 12.8 Å². The van der Waals surface area contributed by atoms with Crippen LogP contribution in [0.4, 0.5) is 5.95 Å². The molecule has 90 valence electrons. The highest BCUT2D eigenvalue weighted by Gasteiger charge is 2.07. The molecule has 3 N–H and O–H groups in total. The predicted molar refractivity (Wildman–Crippen MR) is 71.3 cm³/mol. The van der Waals surface area contributed by atoms with Gasteiger partial charge in [-0.1, -0.05) is 35.4 Å². The Bertz CT molecular complexity index is 531. The van der Waals surface area contributed by atoms with Crippen molar-refractivity contribution >= 4 is 17.5 Å². The van der Waals surface area contributed by atoms with Crippen molar-refractivity contribution in [3.63, 3.8) is 0 Å². The van der Waals surface area contributed by atoms with Gasteiger partial charge in [-0.15, -0.1) is 0 Å². The third-order valence-corrected chi connectivity index (χ3v) is 3.20. The summed E-state index contributed by atoms with van der Waals surface area (Å²) in [5.74, 6) is 0.380. The van der Waals surface area contributed by atoms with Gasteiger partial charge in [0.1, 0.15) is 0 Å². The van der Waals surface area contributed by atoms with Crippen LogP contribution in [0.1, 0.15) is 22.4 Å². The minimum absolute atomic E-state index is 0.380. The van der Waals surface area contributed by atoms with Crippen molar-refractivity contribution in [2.45, 2.75) is 26.7 Å². The van der Waals surface area contributed by atoms with E-state index in [2.05, 4.69) is 42.0 Å². The highest BCUT2D eigenvalue weighted by Crippen LogP contribution is 2.18. The zero-order valence-electron chi connectivity index (χ0n) is 10.0. The van der Waals surface area contributed by atoms with Gasteiger partial charge in [-0.25, -0.2) is 4.98 Å². The van der Waals surface area contributed by atoms with Crippen LogP contribution in [0.25, 0.3) is 0 Å². The van der Waals surface area contributed by atoms with E-state index in [-0.39, 0.29) is 0 Å². The normalized spacial score (nSPS) is 10.8. The Morgan fingerprint density at radius 3 is 2.65 bits per heavy atom. The van der Waals surface area contributed by atoms with Crippen molar-refractivity contribution in [2.24, 2.45) is 0 Å². The molecule has 0 saturated heterocycles. The fourth-order valence-electron chi connectivity index (χ4n) is 1.96. The van der Waals surface area contributed by atoms with E-state index in [0.717, 1.165) is 18.5 Å². The number of hydrogen-bond donors (Lipinski definition) is 2. The van der Waals surface area contributed by atoms with E-state index < -0.39 is 0 Å². The zero-order chi connectivity index (χ0) is 12.4. The summed E-state index contributed by atoms with van der Waals surface area (Å²) in [5.41, 5.74) is 10.4. The topological polar surface area (TPSA) is 54.7 Å². The Balaban J connectivity index is 2.10. The largest absolute Gasteiger partial charge is 0.369 e. The smallest absolute Gasteiger partial charge is 0.199 e. The van der Waals surface area contributed by atoms with Gasteiger partial charge in [-0.3, -0.25) is 0 Å². The van der Waals surface area contributed by atoms with Crippen LogP contribution in [0.15, 0.2) is 18.2 Å². The van der Waals surface area contributed by atoms with Crippen LogP contribution in [0, 0.1) is 13.8 Å². The van der Waals surface area contributed by atoms with Gasteiger partial charge in [0.25, 0.3) is 0 Å². The minimum Gasteiger partial charge on any atom is -0.369 e. The summed E-state index contributed by atoms with van der Waals surface area (Å²) < 4.78 is 0. The molecular weight excluding hydrogens is 234 g/mol. The molecule has 0 radical (unpaired) electrons. The minimum atomic E-state index is 0.380. The van der Waals surface area contributed by atoms with Crippen LogP contribution < -0.4 is 5.73 Å². The summed E-state index contributed by atoms with van der Waals surface area (Å²) in [4.78, 5) is 6.93. The molecule has 1 aromatic heterocycles. The van der Waals surface area contributed by atoms with E-state index in [9.17, 15) is 0 Å². The fourth-order valence-corrected chi connectivity index (χ4v) is 2.19. The molecule has 0 bridgehead atoms. The summed E-state index contributed by atoms with van der Waals surface area (Å²) in [7, 11) is 0. The third kappa shape index (κ3) is 2.80. The first-order valence-corrected chi connectivity index (χ1v) is 6.00.